The minimum absolute atomic E-state index is 0.00791. The first-order chi connectivity index (χ1) is 9.29. The first kappa shape index (κ1) is 17.5. The van der Waals surface area contributed by atoms with Gasteiger partial charge >= 0.3 is 6.18 Å². The van der Waals surface area contributed by atoms with E-state index in [2.05, 4.69) is 37.2 Å². The van der Waals surface area contributed by atoms with Crippen molar-refractivity contribution in [3.8, 4) is 0 Å². The number of hydrogen-bond acceptors (Lipinski definition) is 1. The van der Waals surface area contributed by atoms with Gasteiger partial charge in [-0.1, -0.05) is 38.8 Å². The molecule has 0 radical (unpaired) electrons. The van der Waals surface area contributed by atoms with Crippen LogP contribution in [-0.2, 0) is 6.18 Å². The molecule has 0 fully saturated rings. The third-order valence-corrected chi connectivity index (χ3v) is 3.97. The average Bonchev–Trinajstić information content (AvgIpc) is 2.37. The summed E-state index contributed by atoms with van der Waals surface area (Å²) >= 11 is 6.12. The third kappa shape index (κ3) is 4.77. The van der Waals surface area contributed by atoms with Crippen LogP contribution in [0.1, 0.15) is 35.7 Å². The van der Waals surface area contributed by atoms with Gasteiger partial charge in [-0.25, -0.2) is 0 Å². The summed E-state index contributed by atoms with van der Waals surface area (Å²) in [6.07, 6.45) is -3.04. The van der Waals surface area contributed by atoms with Crippen molar-refractivity contribution in [3.63, 3.8) is 0 Å². The molecule has 2 nitrogen and oxygen atoms in total. The lowest BCUT2D eigenvalue weighted by molar-refractivity contribution is -0.138. The predicted octanol–water partition coefficient (Wildman–Crippen LogP) is 4.76. The molecule has 112 valence electrons. The van der Waals surface area contributed by atoms with Crippen molar-refractivity contribution in [3.05, 3.63) is 33.8 Å². The maximum atomic E-state index is 12.8. The number of carbonyl (C=O) groups is 1. The summed E-state index contributed by atoms with van der Waals surface area (Å²) in [6.45, 7) is 1.91. The van der Waals surface area contributed by atoms with Crippen molar-refractivity contribution in [1.82, 2.24) is 5.32 Å². The molecule has 0 heterocycles. The predicted molar refractivity (Wildman–Crippen MR) is 79.1 cm³/mol. The topological polar surface area (TPSA) is 29.1 Å². The molecule has 0 bridgehead atoms. The molecule has 1 aromatic rings. The number of rotatable bonds is 5. The van der Waals surface area contributed by atoms with Crippen LogP contribution in [0.15, 0.2) is 22.7 Å². The zero-order valence-corrected chi connectivity index (χ0v) is 13.9. The second-order valence-electron chi connectivity index (χ2n) is 4.25. The summed E-state index contributed by atoms with van der Waals surface area (Å²) in [5, 5.41) is 3.45. The molecule has 1 amide bonds. The molecule has 0 aromatic heterocycles. The maximum Gasteiger partial charge on any atom is 0.417 e. The molecular formula is C13H14Br2F3NO. The molecule has 0 saturated carbocycles. The largest absolute Gasteiger partial charge is 0.417 e. The monoisotopic (exact) mass is 415 g/mol. The Morgan fingerprint density at radius 3 is 2.55 bits per heavy atom. The van der Waals surface area contributed by atoms with Gasteiger partial charge in [-0.2, -0.15) is 13.2 Å². The second-order valence-corrected chi connectivity index (χ2v) is 5.90. The van der Waals surface area contributed by atoms with Crippen molar-refractivity contribution in [2.45, 2.75) is 32.0 Å². The van der Waals surface area contributed by atoms with Crippen LogP contribution in [0.4, 0.5) is 13.2 Å². The van der Waals surface area contributed by atoms with Gasteiger partial charge in [-0.3, -0.25) is 4.79 Å². The molecule has 0 saturated heterocycles. The molecule has 0 spiro atoms. The van der Waals surface area contributed by atoms with Crippen LogP contribution in [-0.4, -0.2) is 17.3 Å². The van der Waals surface area contributed by atoms with Crippen LogP contribution in [0, 0.1) is 0 Å². The highest BCUT2D eigenvalue weighted by Gasteiger charge is 2.33. The quantitative estimate of drug-likeness (QED) is 0.688. The fourth-order valence-corrected chi connectivity index (χ4v) is 2.69. The van der Waals surface area contributed by atoms with Gasteiger partial charge < -0.3 is 5.32 Å². The summed E-state index contributed by atoms with van der Waals surface area (Å²) in [5.41, 5.74) is -0.841. The third-order valence-electron chi connectivity index (χ3n) is 2.82. The summed E-state index contributed by atoms with van der Waals surface area (Å²) in [5.74, 6) is -0.490. The zero-order valence-electron chi connectivity index (χ0n) is 10.7. The van der Waals surface area contributed by atoms with Crippen molar-refractivity contribution >= 4 is 37.8 Å². The molecule has 1 aromatic carbocycles. The van der Waals surface area contributed by atoms with Gasteiger partial charge in [0, 0.05) is 21.4 Å². The van der Waals surface area contributed by atoms with Crippen LogP contribution in [0.25, 0.3) is 0 Å². The van der Waals surface area contributed by atoms with E-state index in [-0.39, 0.29) is 16.1 Å². The van der Waals surface area contributed by atoms with Crippen LogP contribution in [0.2, 0.25) is 0 Å². The number of carbonyl (C=O) groups excluding carboxylic acids is 1. The number of alkyl halides is 4. The first-order valence-corrected chi connectivity index (χ1v) is 7.94. The minimum Gasteiger partial charge on any atom is -0.349 e. The van der Waals surface area contributed by atoms with Crippen molar-refractivity contribution in [2.24, 2.45) is 0 Å². The Bertz CT molecular complexity index is 477. The van der Waals surface area contributed by atoms with Gasteiger partial charge in [0.05, 0.1) is 5.56 Å². The molecule has 1 N–H and O–H groups in total. The smallest absolute Gasteiger partial charge is 0.349 e. The van der Waals surface area contributed by atoms with E-state index in [1.807, 2.05) is 6.92 Å². The lowest BCUT2D eigenvalue weighted by atomic mass is 10.1. The van der Waals surface area contributed by atoms with E-state index in [4.69, 9.17) is 0 Å². The van der Waals surface area contributed by atoms with Crippen LogP contribution in [0.3, 0.4) is 0 Å². The molecule has 0 aliphatic rings. The number of amides is 1. The van der Waals surface area contributed by atoms with E-state index in [0.29, 0.717) is 0 Å². The van der Waals surface area contributed by atoms with Crippen molar-refractivity contribution in [1.29, 1.82) is 0 Å². The normalized spacial score (nSPS) is 13.1. The summed E-state index contributed by atoms with van der Waals surface area (Å²) < 4.78 is 38.2. The summed E-state index contributed by atoms with van der Waals surface area (Å²) in [7, 11) is 0. The lowest BCUT2D eigenvalue weighted by Gasteiger charge is -2.16. The first-order valence-electron chi connectivity index (χ1n) is 6.03. The summed E-state index contributed by atoms with van der Waals surface area (Å²) in [4.78, 5) is 12.0. The molecule has 1 rings (SSSR count). The Balaban J connectivity index is 2.94. The van der Waals surface area contributed by atoms with E-state index in [9.17, 15) is 18.0 Å². The molecule has 7 heteroatoms. The van der Waals surface area contributed by atoms with E-state index in [0.717, 1.165) is 24.2 Å². The molecule has 1 atom stereocenters. The Kier molecular flexibility index (Phi) is 6.51. The van der Waals surface area contributed by atoms with E-state index in [1.54, 1.807) is 0 Å². The Morgan fingerprint density at radius 1 is 1.40 bits per heavy atom. The lowest BCUT2D eigenvalue weighted by Crippen LogP contribution is -2.34. The van der Waals surface area contributed by atoms with Crippen LogP contribution in [0.5, 0.6) is 0 Å². The SMILES string of the molecule is CCC(CCBr)NC(=O)c1ccc(Br)c(C(F)(F)F)c1. The Labute approximate surface area is 132 Å². The van der Waals surface area contributed by atoms with Gasteiger partial charge in [0.25, 0.3) is 5.91 Å². The average molecular weight is 417 g/mol. The fourth-order valence-electron chi connectivity index (χ4n) is 1.66. The van der Waals surface area contributed by atoms with Gasteiger partial charge in [0.2, 0.25) is 0 Å². The van der Waals surface area contributed by atoms with E-state index < -0.39 is 17.6 Å². The van der Waals surface area contributed by atoms with Crippen molar-refractivity contribution in [2.75, 3.05) is 5.33 Å². The number of hydrogen-bond donors (Lipinski definition) is 1. The van der Waals surface area contributed by atoms with Gasteiger partial charge in [0.15, 0.2) is 0 Å². The molecule has 20 heavy (non-hydrogen) atoms. The van der Waals surface area contributed by atoms with Crippen molar-refractivity contribution < 1.29 is 18.0 Å². The maximum absolute atomic E-state index is 12.8. The number of nitrogens with one attached hydrogen (secondary N) is 1. The van der Waals surface area contributed by atoms with Crippen LogP contribution >= 0.6 is 31.9 Å². The number of benzene rings is 1. The standard InChI is InChI=1S/C13H14Br2F3NO/c1-2-9(5-6-14)19-12(20)8-3-4-11(15)10(7-8)13(16,17)18/h3-4,7,9H,2,5-6H2,1H3,(H,19,20). The highest BCUT2D eigenvalue weighted by Crippen LogP contribution is 2.35. The molecule has 1 unspecified atom stereocenters. The molecule has 0 aliphatic carbocycles. The molecule has 0 aliphatic heterocycles. The van der Waals surface area contributed by atoms with Gasteiger partial charge in [0.1, 0.15) is 0 Å². The van der Waals surface area contributed by atoms with E-state index >= 15 is 0 Å². The summed E-state index contributed by atoms with van der Waals surface area (Å²) in [6, 6.07) is 3.42. The van der Waals surface area contributed by atoms with Gasteiger partial charge in [-0.05, 0) is 31.0 Å². The van der Waals surface area contributed by atoms with E-state index in [1.165, 1.54) is 12.1 Å². The number of halogens is 5. The van der Waals surface area contributed by atoms with Gasteiger partial charge in [-0.15, -0.1) is 0 Å². The minimum atomic E-state index is -4.49. The highest BCUT2D eigenvalue weighted by atomic mass is 79.9. The second kappa shape index (κ2) is 7.45. The Morgan fingerprint density at radius 2 is 2.05 bits per heavy atom. The highest BCUT2D eigenvalue weighted by molar-refractivity contribution is 9.10. The van der Waals surface area contributed by atoms with Crippen LogP contribution < -0.4 is 5.32 Å². The molecular weight excluding hydrogens is 403 g/mol. The fraction of sp³-hybridized carbons (Fsp3) is 0.462. The zero-order chi connectivity index (χ0) is 15.3. The Hall–Kier alpha value is -0.560.